The fraction of sp³-hybridized carbons (Fsp3) is 0.286. The smallest absolute Gasteiger partial charge is 0.241 e. The molecule has 3 aromatic rings. The Morgan fingerprint density at radius 2 is 1.69 bits per heavy atom. The summed E-state index contributed by atoms with van der Waals surface area (Å²) >= 11 is 0. The number of aryl methyl sites for hydroxylation is 3. The molecule has 0 saturated heterocycles. The first kappa shape index (κ1) is 20.9. The van der Waals surface area contributed by atoms with Crippen LogP contribution in [0.15, 0.2) is 53.7 Å². The van der Waals surface area contributed by atoms with E-state index in [1.54, 1.807) is 68.4 Å². The van der Waals surface area contributed by atoms with Crippen molar-refractivity contribution in [2.45, 2.75) is 24.8 Å². The van der Waals surface area contributed by atoms with Crippen molar-refractivity contribution in [2.75, 3.05) is 14.2 Å². The van der Waals surface area contributed by atoms with Crippen molar-refractivity contribution in [3.8, 4) is 11.5 Å². The van der Waals surface area contributed by atoms with Crippen molar-refractivity contribution in [3.05, 3.63) is 71.3 Å². The van der Waals surface area contributed by atoms with Crippen LogP contribution in [-0.4, -0.2) is 32.2 Å². The summed E-state index contributed by atoms with van der Waals surface area (Å²) in [5.74, 6) is 1.67. The van der Waals surface area contributed by atoms with E-state index in [-0.39, 0.29) is 4.90 Å². The van der Waals surface area contributed by atoms with Gasteiger partial charge in [-0.2, -0.15) is 4.72 Å². The van der Waals surface area contributed by atoms with E-state index in [1.165, 1.54) is 0 Å². The number of ether oxygens (including phenoxy) is 2. The lowest BCUT2D eigenvalue weighted by atomic mass is 10.1. The molecule has 2 aromatic carbocycles. The second-order valence-electron chi connectivity index (χ2n) is 6.87. The number of sulfonamides is 1. The summed E-state index contributed by atoms with van der Waals surface area (Å²) in [6, 6.07) is 9.79. The first-order chi connectivity index (χ1) is 13.7. The number of benzene rings is 2. The maximum Gasteiger partial charge on any atom is 0.241 e. The average Bonchev–Trinajstić information content (AvgIpc) is 3.11. The number of rotatable bonds is 7. The third kappa shape index (κ3) is 4.44. The highest BCUT2D eigenvalue weighted by Gasteiger charge is 2.27. The monoisotopic (exact) mass is 415 g/mol. The minimum absolute atomic E-state index is 0.233. The van der Waals surface area contributed by atoms with Crippen LogP contribution in [0.5, 0.6) is 11.5 Å². The SMILES string of the molecule is COc1cc(OC)cc(C(NS(=O)(=O)c2ccc(C)cc2C)c2nccn2C)c1. The fourth-order valence-corrected chi connectivity index (χ4v) is 4.65. The van der Waals surface area contributed by atoms with E-state index in [2.05, 4.69) is 9.71 Å². The van der Waals surface area contributed by atoms with E-state index in [9.17, 15) is 8.42 Å². The largest absolute Gasteiger partial charge is 0.497 e. The normalized spacial score (nSPS) is 12.6. The Hall–Kier alpha value is -2.84. The Labute approximate surface area is 171 Å². The van der Waals surface area contributed by atoms with Crippen LogP contribution < -0.4 is 14.2 Å². The molecule has 0 bridgehead atoms. The molecule has 7 nitrogen and oxygen atoms in total. The van der Waals surface area contributed by atoms with Crippen LogP contribution in [0.25, 0.3) is 0 Å². The van der Waals surface area contributed by atoms with Gasteiger partial charge in [0.05, 0.1) is 19.1 Å². The van der Waals surface area contributed by atoms with E-state index in [0.29, 0.717) is 28.5 Å². The van der Waals surface area contributed by atoms with E-state index in [1.807, 2.05) is 20.0 Å². The summed E-state index contributed by atoms with van der Waals surface area (Å²) < 4.78 is 41.8. The topological polar surface area (TPSA) is 82.4 Å². The van der Waals surface area contributed by atoms with E-state index in [0.717, 1.165) is 5.56 Å². The predicted octanol–water partition coefficient (Wildman–Crippen LogP) is 3.12. The van der Waals surface area contributed by atoms with Gasteiger partial charge in [-0.25, -0.2) is 13.4 Å². The zero-order valence-corrected chi connectivity index (χ0v) is 17.9. The molecular weight excluding hydrogens is 390 g/mol. The lowest BCUT2D eigenvalue weighted by Gasteiger charge is -2.21. The molecule has 0 radical (unpaired) electrons. The lowest BCUT2D eigenvalue weighted by molar-refractivity contribution is 0.392. The fourth-order valence-electron chi connectivity index (χ4n) is 3.24. The molecule has 3 rings (SSSR count). The minimum atomic E-state index is -3.82. The number of nitrogens with zero attached hydrogens (tertiary/aromatic N) is 2. The summed E-state index contributed by atoms with van der Waals surface area (Å²) in [6.07, 6.45) is 3.40. The molecule has 0 amide bonds. The van der Waals surface area contributed by atoms with Gasteiger partial charge in [-0.1, -0.05) is 17.7 Å². The van der Waals surface area contributed by atoms with Gasteiger partial charge in [0.2, 0.25) is 10.0 Å². The molecule has 1 atom stereocenters. The number of hydrogen-bond donors (Lipinski definition) is 1. The van der Waals surface area contributed by atoms with Gasteiger partial charge in [-0.3, -0.25) is 0 Å². The van der Waals surface area contributed by atoms with Gasteiger partial charge in [0, 0.05) is 25.5 Å². The molecule has 1 aromatic heterocycles. The second-order valence-corrected chi connectivity index (χ2v) is 8.55. The van der Waals surface area contributed by atoms with Crippen LogP contribution in [0.2, 0.25) is 0 Å². The molecule has 1 N–H and O–H groups in total. The molecule has 0 aliphatic heterocycles. The standard InChI is InChI=1S/C21H25N3O4S/c1-14-6-7-19(15(2)10-14)29(25,26)23-20(21-22-8-9-24(21)3)16-11-17(27-4)13-18(12-16)28-5/h6-13,20,23H,1-5H3. The van der Waals surface area contributed by atoms with Gasteiger partial charge in [-0.15, -0.1) is 0 Å². The number of nitrogens with one attached hydrogen (secondary N) is 1. The zero-order chi connectivity index (χ0) is 21.2. The molecule has 0 aliphatic rings. The molecule has 0 saturated carbocycles. The molecule has 154 valence electrons. The molecule has 1 heterocycles. The van der Waals surface area contributed by atoms with Crippen molar-refractivity contribution in [2.24, 2.45) is 7.05 Å². The van der Waals surface area contributed by atoms with Gasteiger partial charge in [0.15, 0.2) is 0 Å². The van der Waals surface area contributed by atoms with Crippen LogP contribution in [0, 0.1) is 13.8 Å². The summed E-state index contributed by atoms with van der Waals surface area (Å²) in [7, 11) is 1.10. The summed E-state index contributed by atoms with van der Waals surface area (Å²) in [5.41, 5.74) is 2.34. The van der Waals surface area contributed by atoms with Crippen molar-refractivity contribution >= 4 is 10.0 Å². The van der Waals surface area contributed by atoms with Crippen molar-refractivity contribution in [1.29, 1.82) is 0 Å². The Morgan fingerprint density at radius 3 is 2.21 bits per heavy atom. The quantitative estimate of drug-likeness (QED) is 0.641. The van der Waals surface area contributed by atoms with Crippen LogP contribution in [0.4, 0.5) is 0 Å². The van der Waals surface area contributed by atoms with Gasteiger partial charge < -0.3 is 14.0 Å². The average molecular weight is 416 g/mol. The highest BCUT2D eigenvalue weighted by atomic mass is 32.2. The van der Waals surface area contributed by atoms with E-state index in [4.69, 9.17) is 9.47 Å². The number of hydrogen-bond acceptors (Lipinski definition) is 5. The summed E-state index contributed by atoms with van der Waals surface area (Å²) in [5, 5.41) is 0. The van der Waals surface area contributed by atoms with Crippen LogP contribution >= 0.6 is 0 Å². The molecule has 29 heavy (non-hydrogen) atoms. The summed E-state index contributed by atoms with van der Waals surface area (Å²) in [6.45, 7) is 3.71. The zero-order valence-electron chi connectivity index (χ0n) is 17.1. The highest BCUT2D eigenvalue weighted by Crippen LogP contribution is 2.31. The molecule has 8 heteroatoms. The highest BCUT2D eigenvalue weighted by molar-refractivity contribution is 7.89. The van der Waals surface area contributed by atoms with Crippen LogP contribution in [0.1, 0.15) is 28.6 Å². The Morgan fingerprint density at radius 1 is 1.03 bits per heavy atom. The van der Waals surface area contributed by atoms with Gasteiger partial charge in [-0.05, 0) is 43.2 Å². The van der Waals surface area contributed by atoms with Crippen LogP contribution in [-0.2, 0) is 17.1 Å². The minimum Gasteiger partial charge on any atom is -0.497 e. The van der Waals surface area contributed by atoms with Gasteiger partial charge in [0.1, 0.15) is 23.4 Å². The Balaban J connectivity index is 2.12. The molecule has 0 fully saturated rings. The van der Waals surface area contributed by atoms with E-state index >= 15 is 0 Å². The Bertz CT molecular complexity index is 1100. The molecule has 0 aliphatic carbocycles. The lowest BCUT2D eigenvalue weighted by Crippen LogP contribution is -2.31. The van der Waals surface area contributed by atoms with Crippen molar-refractivity contribution < 1.29 is 17.9 Å². The Kier molecular flexibility index (Phi) is 5.95. The number of methoxy groups -OCH3 is 2. The van der Waals surface area contributed by atoms with Crippen molar-refractivity contribution in [3.63, 3.8) is 0 Å². The third-order valence-electron chi connectivity index (χ3n) is 4.72. The molecule has 1 unspecified atom stereocenters. The predicted molar refractivity (Wildman–Crippen MR) is 111 cm³/mol. The van der Waals surface area contributed by atoms with E-state index < -0.39 is 16.1 Å². The third-order valence-corrected chi connectivity index (χ3v) is 6.30. The maximum atomic E-state index is 13.3. The number of imidazole rings is 1. The second kappa shape index (κ2) is 8.26. The van der Waals surface area contributed by atoms with Crippen LogP contribution in [0.3, 0.4) is 0 Å². The van der Waals surface area contributed by atoms with Gasteiger partial charge >= 0.3 is 0 Å². The maximum absolute atomic E-state index is 13.3. The summed E-state index contributed by atoms with van der Waals surface area (Å²) in [4.78, 5) is 4.61. The van der Waals surface area contributed by atoms with Crippen molar-refractivity contribution in [1.82, 2.24) is 14.3 Å². The molecular formula is C21H25N3O4S. The number of aromatic nitrogens is 2. The van der Waals surface area contributed by atoms with Gasteiger partial charge in [0.25, 0.3) is 0 Å². The first-order valence-corrected chi connectivity index (χ1v) is 10.5. The molecule has 0 spiro atoms. The first-order valence-electron chi connectivity index (χ1n) is 9.05.